The molecule has 1 atom stereocenters. The molecular formula is C51H34N4S2. The molecule has 1 aliphatic heterocycles. The van der Waals surface area contributed by atoms with Gasteiger partial charge in [0.15, 0.2) is 5.84 Å². The molecule has 0 radical (unpaired) electrons. The van der Waals surface area contributed by atoms with Crippen molar-refractivity contribution in [2.75, 3.05) is 0 Å². The first kappa shape index (κ1) is 32.6. The number of thiophene rings is 2. The van der Waals surface area contributed by atoms with E-state index >= 15 is 0 Å². The molecule has 0 amide bonds. The third kappa shape index (κ3) is 5.25. The standard InChI is InChI=1S/C51H34N4S2/c1-3-13-31(14-4-1)49-52-50(32-15-5-2-6-16-32)54-51(53-49)34-26-28-46-41(30-34)40-29-33(25-27-45(40)56-46)35-19-11-20-38-39-21-12-24-44(48(39)57-47(35)38)55-42-22-9-7-17-36(42)37-18-8-10-23-43(37)55/h1-11,13-20,22-30,51H,12,21H2,(H,52,53,54). The normalized spacial score (nSPS) is 15.5. The fourth-order valence-electron chi connectivity index (χ4n) is 8.89. The summed E-state index contributed by atoms with van der Waals surface area (Å²) >= 11 is 3.81. The second-order valence-corrected chi connectivity index (χ2v) is 17.0. The topological polar surface area (TPSA) is 41.7 Å². The summed E-state index contributed by atoms with van der Waals surface area (Å²) in [6.45, 7) is 0. The van der Waals surface area contributed by atoms with Crippen molar-refractivity contribution in [1.82, 2.24) is 9.88 Å². The first-order valence-electron chi connectivity index (χ1n) is 19.5. The molecule has 1 N–H and O–H groups in total. The summed E-state index contributed by atoms with van der Waals surface area (Å²) in [5.74, 6) is 1.56. The van der Waals surface area contributed by atoms with E-state index in [-0.39, 0.29) is 6.17 Å². The second-order valence-electron chi connectivity index (χ2n) is 14.9. The number of amidine groups is 2. The van der Waals surface area contributed by atoms with Crippen molar-refractivity contribution < 1.29 is 0 Å². The lowest BCUT2D eigenvalue weighted by atomic mass is 9.96. The molecule has 0 spiro atoms. The maximum atomic E-state index is 5.17. The van der Waals surface area contributed by atoms with Crippen molar-refractivity contribution >= 4 is 92.1 Å². The molecule has 10 aromatic rings. The number of fused-ring (bicyclic) bond motifs is 9. The van der Waals surface area contributed by atoms with Gasteiger partial charge in [-0.1, -0.05) is 133 Å². The van der Waals surface area contributed by atoms with E-state index in [2.05, 4.69) is 155 Å². The number of aryl methyl sites for hydroxylation is 1. The van der Waals surface area contributed by atoms with Gasteiger partial charge in [0, 0.05) is 46.8 Å². The number of hydrogen-bond acceptors (Lipinski definition) is 5. The number of benzene rings is 7. The molecule has 2 aliphatic rings. The average Bonchev–Trinajstić information content (AvgIpc) is 3.96. The minimum absolute atomic E-state index is 0.279. The number of nitrogens with one attached hydrogen (secondary N) is 1. The predicted octanol–water partition coefficient (Wildman–Crippen LogP) is 13.4. The number of hydrogen-bond donors (Lipinski definition) is 1. The second kappa shape index (κ2) is 13.0. The van der Waals surface area contributed by atoms with Crippen molar-refractivity contribution in [3.8, 4) is 11.1 Å². The Morgan fingerprint density at radius 2 is 1.23 bits per heavy atom. The molecule has 4 heterocycles. The van der Waals surface area contributed by atoms with E-state index in [1.165, 1.54) is 79.3 Å². The fourth-order valence-corrected chi connectivity index (χ4v) is 11.4. The zero-order valence-electron chi connectivity index (χ0n) is 30.8. The first-order chi connectivity index (χ1) is 28.2. The van der Waals surface area contributed by atoms with E-state index in [0.717, 1.165) is 41.2 Å². The van der Waals surface area contributed by atoms with Crippen molar-refractivity contribution in [1.29, 1.82) is 0 Å². The average molecular weight is 767 g/mol. The summed E-state index contributed by atoms with van der Waals surface area (Å²) < 4.78 is 6.42. The van der Waals surface area contributed by atoms with Gasteiger partial charge in [-0.25, -0.2) is 9.98 Å². The Morgan fingerprint density at radius 3 is 2.00 bits per heavy atom. The van der Waals surface area contributed by atoms with E-state index in [9.17, 15) is 0 Å². The molecule has 3 aromatic heterocycles. The molecular weight excluding hydrogens is 733 g/mol. The van der Waals surface area contributed by atoms with Crippen LogP contribution in [-0.4, -0.2) is 16.2 Å². The SMILES string of the molecule is C1=C(n2c3ccccc3c3ccccc32)c2sc3c(-c4ccc5sc6ccc(C7N=C(c8ccccc8)N=C(c8ccccc8)N7)cc6c5c4)cccc3c2CC1. The van der Waals surface area contributed by atoms with Crippen LogP contribution in [0.3, 0.4) is 0 Å². The number of para-hydroxylation sites is 2. The van der Waals surface area contributed by atoms with E-state index in [1.807, 2.05) is 46.9 Å². The molecule has 0 bridgehead atoms. The van der Waals surface area contributed by atoms with E-state index in [0.29, 0.717) is 0 Å². The van der Waals surface area contributed by atoms with Gasteiger partial charge >= 0.3 is 0 Å². The van der Waals surface area contributed by atoms with Crippen LogP contribution in [0.4, 0.5) is 0 Å². The van der Waals surface area contributed by atoms with Gasteiger partial charge in [0.05, 0.1) is 21.6 Å². The summed E-state index contributed by atoms with van der Waals surface area (Å²) in [4.78, 5) is 11.6. The van der Waals surface area contributed by atoms with Gasteiger partial charge < -0.3 is 9.88 Å². The van der Waals surface area contributed by atoms with Gasteiger partial charge in [0.1, 0.15) is 12.0 Å². The molecule has 57 heavy (non-hydrogen) atoms. The Kier molecular flexibility index (Phi) is 7.43. The Labute approximate surface area is 337 Å². The summed E-state index contributed by atoms with van der Waals surface area (Å²) in [5, 5.41) is 10.2. The van der Waals surface area contributed by atoms with E-state index in [1.54, 1.807) is 0 Å². The van der Waals surface area contributed by atoms with Gasteiger partial charge in [-0.2, -0.15) is 0 Å². The summed E-state index contributed by atoms with van der Waals surface area (Å²) in [7, 11) is 0. The number of allylic oxidation sites excluding steroid dienone is 1. The Bertz CT molecular complexity index is 3270. The van der Waals surface area contributed by atoms with Crippen LogP contribution in [0.5, 0.6) is 0 Å². The van der Waals surface area contributed by atoms with Gasteiger partial charge in [0.2, 0.25) is 0 Å². The van der Waals surface area contributed by atoms with Crippen molar-refractivity contribution in [2.24, 2.45) is 9.98 Å². The third-order valence-electron chi connectivity index (χ3n) is 11.5. The van der Waals surface area contributed by atoms with Crippen LogP contribution >= 0.6 is 22.7 Å². The highest BCUT2D eigenvalue weighted by Crippen LogP contribution is 2.47. The number of rotatable bonds is 5. The molecule has 0 saturated heterocycles. The Balaban J connectivity index is 0.969. The van der Waals surface area contributed by atoms with Crippen LogP contribution in [0.2, 0.25) is 0 Å². The zero-order valence-corrected chi connectivity index (χ0v) is 32.4. The first-order valence-corrected chi connectivity index (χ1v) is 21.1. The highest BCUT2D eigenvalue weighted by molar-refractivity contribution is 7.25. The maximum Gasteiger partial charge on any atom is 0.159 e. The maximum absolute atomic E-state index is 5.17. The lowest BCUT2D eigenvalue weighted by Gasteiger charge is -2.23. The number of aromatic nitrogens is 1. The van der Waals surface area contributed by atoms with Crippen LogP contribution in [0.25, 0.3) is 68.9 Å². The summed E-state index contributed by atoms with van der Waals surface area (Å²) in [6.07, 6.45) is 4.26. The molecule has 1 unspecified atom stereocenters. The van der Waals surface area contributed by atoms with Gasteiger partial charge in [-0.05, 0) is 76.9 Å². The fraction of sp³-hybridized carbons (Fsp3) is 0.0588. The molecule has 1 aliphatic carbocycles. The third-order valence-corrected chi connectivity index (χ3v) is 14.0. The summed E-state index contributed by atoms with van der Waals surface area (Å²) in [6, 6.07) is 59.0. The zero-order chi connectivity index (χ0) is 37.5. The van der Waals surface area contributed by atoms with Gasteiger partial charge in [-0.3, -0.25) is 0 Å². The molecule has 12 rings (SSSR count). The highest BCUT2D eigenvalue weighted by Gasteiger charge is 2.25. The molecule has 7 aromatic carbocycles. The highest BCUT2D eigenvalue weighted by atomic mass is 32.1. The number of aliphatic imine (C=N–C) groups is 2. The number of nitrogens with zero attached hydrogens (tertiary/aromatic N) is 3. The van der Waals surface area contributed by atoms with Crippen molar-refractivity contribution in [3.05, 3.63) is 197 Å². The molecule has 270 valence electrons. The quantitative estimate of drug-likeness (QED) is 0.186. The molecule has 6 heteroatoms. The summed E-state index contributed by atoms with van der Waals surface area (Å²) in [5.41, 5.74) is 11.0. The van der Waals surface area contributed by atoms with Crippen LogP contribution in [0, 0.1) is 0 Å². The van der Waals surface area contributed by atoms with Crippen LogP contribution in [0.1, 0.15) is 39.7 Å². The van der Waals surface area contributed by atoms with Crippen LogP contribution < -0.4 is 5.32 Å². The van der Waals surface area contributed by atoms with E-state index < -0.39 is 0 Å². The van der Waals surface area contributed by atoms with Gasteiger partial charge in [-0.15, -0.1) is 22.7 Å². The van der Waals surface area contributed by atoms with Crippen LogP contribution in [0.15, 0.2) is 180 Å². The van der Waals surface area contributed by atoms with E-state index in [4.69, 9.17) is 9.98 Å². The predicted molar refractivity (Wildman–Crippen MR) is 243 cm³/mol. The lowest BCUT2D eigenvalue weighted by Crippen LogP contribution is -2.33. The molecule has 4 nitrogen and oxygen atoms in total. The monoisotopic (exact) mass is 766 g/mol. The smallest absolute Gasteiger partial charge is 0.159 e. The lowest BCUT2D eigenvalue weighted by molar-refractivity contribution is 0.675. The Morgan fingerprint density at radius 1 is 0.561 bits per heavy atom. The largest absolute Gasteiger partial charge is 0.344 e. The Hall–Kier alpha value is -6.60. The van der Waals surface area contributed by atoms with Crippen molar-refractivity contribution in [3.63, 3.8) is 0 Å². The minimum atomic E-state index is -0.279. The minimum Gasteiger partial charge on any atom is -0.344 e. The molecule has 0 fully saturated rings. The van der Waals surface area contributed by atoms with Crippen LogP contribution in [-0.2, 0) is 6.42 Å². The van der Waals surface area contributed by atoms with Crippen molar-refractivity contribution in [2.45, 2.75) is 19.0 Å². The van der Waals surface area contributed by atoms with Gasteiger partial charge in [0.25, 0.3) is 0 Å². The molecule has 0 saturated carbocycles.